The first-order valence-corrected chi connectivity index (χ1v) is 8.82. The van der Waals surface area contributed by atoms with Gasteiger partial charge in [-0.1, -0.05) is 0 Å². The zero-order valence-electron chi connectivity index (χ0n) is 16.2. The van der Waals surface area contributed by atoms with E-state index in [4.69, 9.17) is 16.6 Å². The summed E-state index contributed by atoms with van der Waals surface area (Å²) in [6.07, 6.45) is 1.27. The van der Waals surface area contributed by atoms with E-state index in [1.165, 1.54) is 12.5 Å². The number of carbonyl (C=O) groups is 6. The third-order valence-electron chi connectivity index (χ3n) is 3.80. The molecule has 0 aliphatic rings. The maximum atomic E-state index is 12.2. The number of rotatable bonds is 13. The van der Waals surface area contributed by atoms with Crippen molar-refractivity contribution >= 4 is 35.6 Å². The number of primary amides is 1. The second-order valence-electron chi connectivity index (χ2n) is 6.39. The molecule has 0 aliphatic heterocycles. The zero-order chi connectivity index (χ0) is 23.6. The predicted octanol–water partition coefficient (Wildman–Crippen LogP) is -4.20. The Hall–Kier alpha value is -4.01. The van der Waals surface area contributed by atoms with Gasteiger partial charge in [0, 0.05) is 18.3 Å². The lowest BCUT2D eigenvalue weighted by Crippen LogP contribution is -2.54. The van der Waals surface area contributed by atoms with Gasteiger partial charge >= 0.3 is 11.9 Å². The maximum Gasteiger partial charge on any atom is 0.326 e. The molecule has 1 aromatic heterocycles. The predicted molar refractivity (Wildman–Crippen MR) is 101 cm³/mol. The molecule has 4 amide bonds. The second-order valence-corrected chi connectivity index (χ2v) is 6.39. The van der Waals surface area contributed by atoms with Gasteiger partial charge in [0.25, 0.3) is 0 Å². The van der Waals surface area contributed by atoms with Crippen LogP contribution in [0.2, 0.25) is 0 Å². The molecule has 15 heteroatoms. The molecule has 15 nitrogen and oxygen atoms in total. The van der Waals surface area contributed by atoms with Gasteiger partial charge in [-0.3, -0.25) is 24.0 Å². The summed E-state index contributed by atoms with van der Waals surface area (Å²) < 4.78 is 0. The van der Waals surface area contributed by atoms with Crippen molar-refractivity contribution < 1.29 is 39.0 Å². The van der Waals surface area contributed by atoms with Crippen molar-refractivity contribution in [2.24, 2.45) is 11.5 Å². The number of carboxylic acids is 2. The molecule has 31 heavy (non-hydrogen) atoms. The van der Waals surface area contributed by atoms with Gasteiger partial charge < -0.3 is 42.6 Å². The first-order chi connectivity index (χ1) is 14.5. The molecule has 10 N–H and O–H groups in total. The molecular formula is C16H23N7O8. The van der Waals surface area contributed by atoms with Gasteiger partial charge in [0.2, 0.25) is 23.6 Å². The van der Waals surface area contributed by atoms with Crippen molar-refractivity contribution in [3.05, 3.63) is 18.2 Å². The minimum Gasteiger partial charge on any atom is -0.481 e. The van der Waals surface area contributed by atoms with E-state index in [1.54, 1.807) is 0 Å². The van der Waals surface area contributed by atoms with Crippen LogP contribution in [0.4, 0.5) is 0 Å². The van der Waals surface area contributed by atoms with Gasteiger partial charge in [-0.05, 0) is 0 Å². The summed E-state index contributed by atoms with van der Waals surface area (Å²) in [5, 5.41) is 24.5. The summed E-state index contributed by atoms with van der Waals surface area (Å²) in [5.74, 6) is -6.52. The lowest BCUT2D eigenvalue weighted by Gasteiger charge is -2.19. The number of aromatic amines is 1. The molecule has 0 spiro atoms. The zero-order valence-corrected chi connectivity index (χ0v) is 16.2. The molecule has 0 fully saturated rings. The number of aromatic nitrogens is 2. The van der Waals surface area contributed by atoms with Gasteiger partial charge in [0.15, 0.2) is 0 Å². The standard InChI is InChI=1S/C16H23N7O8/c17-8(2-11(18)24)14(28)23-9(3-13(26)27)15(29)20-5-12(25)22-10(16(30)31)1-7-4-19-6-21-7/h4,6,8-10H,1-3,5,17H2,(H2,18,24)(H,19,21)(H,20,29)(H,22,25)(H,23,28)(H,26,27)(H,30,31). The average Bonchev–Trinajstić information content (AvgIpc) is 3.17. The fourth-order valence-corrected chi connectivity index (χ4v) is 2.32. The number of carboxylic acid groups (broad SMARTS) is 2. The Morgan fingerprint density at radius 3 is 2.23 bits per heavy atom. The molecule has 1 rings (SSSR count). The summed E-state index contributed by atoms with van der Waals surface area (Å²) in [5.41, 5.74) is 10.8. The van der Waals surface area contributed by atoms with E-state index >= 15 is 0 Å². The van der Waals surface area contributed by atoms with Crippen LogP contribution in [-0.2, 0) is 35.2 Å². The van der Waals surface area contributed by atoms with E-state index < -0.39 is 73.1 Å². The summed E-state index contributed by atoms with van der Waals surface area (Å²) in [7, 11) is 0. The Balaban J connectivity index is 2.65. The highest BCUT2D eigenvalue weighted by Gasteiger charge is 2.27. The number of hydrogen-bond donors (Lipinski definition) is 8. The number of H-pyrrole nitrogens is 1. The fourth-order valence-electron chi connectivity index (χ4n) is 2.32. The van der Waals surface area contributed by atoms with Gasteiger partial charge in [0.05, 0.1) is 31.8 Å². The highest BCUT2D eigenvalue weighted by Crippen LogP contribution is 1.99. The summed E-state index contributed by atoms with van der Waals surface area (Å²) in [6.45, 7) is -0.690. The van der Waals surface area contributed by atoms with Crippen LogP contribution in [0, 0.1) is 0 Å². The minimum absolute atomic E-state index is 0.0928. The number of hydrogen-bond acceptors (Lipinski definition) is 8. The molecule has 3 unspecified atom stereocenters. The largest absolute Gasteiger partial charge is 0.481 e. The number of nitrogens with two attached hydrogens (primary N) is 2. The van der Waals surface area contributed by atoms with E-state index in [0.29, 0.717) is 5.69 Å². The Morgan fingerprint density at radius 1 is 1.03 bits per heavy atom. The van der Waals surface area contributed by atoms with Crippen molar-refractivity contribution in [3.8, 4) is 0 Å². The van der Waals surface area contributed by atoms with Gasteiger partial charge in [0.1, 0.15) is 12.1 Å². The fraction of sp³-hybridized carbons (Fsp3) is 0.438. The maximum absolute atomic E-state index is 12.2. The number of nitrogens with one attached hydrogen (secondary N) is 4. The molecular weight excluding hydrogens is 418 g/mol. The number of nitrogens with zero attached hydrogens (tertiary/aromatic N) is 1. The Labute approximate surface area is 174 Å². The molecule has 170 valence electrons. The van der Waals surface area contributed by atoms with Gasteiger partial charge in [-0.25, -0.2) is 9.78 Å². The normalized spacial score (nSPS) is 13.3. The molecule has 0 aromatic carbocycles. The van der Waals surface area contributed by atoms with E-state index in [-0.39, 0.29) is 6.42 Å². The summed E-state index contributed by atoms with van der Waals surface area (Å²) in [6, 6.07) is -4.31. The van der Waals surface area contributed by atoms with Crippen LogP contribution < -0.4 is 27.4 Å². The van der Waals surface area contributed by atoms with Crippen LogP contribution in [0.5, 0.6) is 0 Å². The first-order valence-electron chi connectivity index (χ1n) is 8.82. The highest BCUT2D eigenvalue weighted by molar-refractivity contribution is 5.95. The van der Waals surface area contributed by atoms with Gasteiger partial charge in [-0.15, -0.1) is 0 Å². The molecule has 0 aliphatic carbocycles. The van der Waals surface area contributed by atoms with Crippen molar-refractivity contribution in [1.82, 2.24) is 25.9 Å². The monoisotopic (exact) mass is 441 g/mol. The minimum atomic E-state index is -1.60. The smallest absolute Gasteiger partial charge is 0.326 e. The SMILES string of the molecule is NC(=O)CC(N)C(=O)NC(CC(=O)O)C(=O)NCC(=O)NC(Cc1cnc[nH]1)C(=O)O. The van der Waals surface area contributed by atoms with E-state index in [1.807, 2.05) is 0 Å². The lowest BCUT2D eigenvalue weighted by atomic mass is 10.1. The summed E-state index contributed by atoms with van der Waals surface area (Å²) >= 11 is 0. The number of carbonyl (C=O) groups excluding carboxylic acids is 4. The molecule has 3 atom stereocenters. The average molecular weight is 441 g/mol. The third kappa shape index (κ3) is 9.35. The second kappa shape index (κ2) is 11.9. The van der Waals surface area contributed by atoms with E-state index in [9.17, 15) is 33.9 Å². The molecule has 0 bridgehead atoms. The summed E-state index contributed by atoms with van der Waals surface area (Å²) in [4.78, 5) is 75.6. The Kier molecular flexibility index (Phi) is 9.58. The van der Waals surface area contributed by atoms with Crippen LogP contribution in [0.15, 0.2) is 12.5 Å². The molecule has 0 saturated carbocycles. The van der Waals surface area contributed by atoms with Crippen LogP contribution in [0.3, 0.4) is 0 Å². The first kappa shape index (κ1) is 25.0. The topological polar surface area (TPSA) is 260 Å². The van der Waals surface area contributed by atoms with E-state index in [0.717, 1.165) is 0 Å². The quantitative estimate of drug-likeness (QED) is 0.146. The highest BCUT2D eigenvalue weighted by atomic mass is 16.4. The van der Waals surface area contributed by atoms with Crippen LogP contribution in [0.25, 0.3) is 0 Å². The van der Waals surface area contributed by atoms with Crippen molar-refractivity contribution in [1.29, 1.82) is 0 Å². The van der Waals surface area contributed by atoms with Crippen LogP contribution in [-0.4, -0.2) is 80.4 Å². The van der Waals surface area contributed by atoms with Gasteiger partial charge in [-0.2, -0.15) is 0 Å². The third-order valence-corrected chi connectivity index (χ3v) is 3.80. The van der Waals surface area contributed by atoms with Crippen molar-refractivity contribution in [3.63, 3.8) is 0 Å². The molecule has 0 saturated heterocycles. The van der Waals surface area contributed by atoms with Crippen LogP contribution in [0.1, 0.15) is 18.5 Å². The van der Waals surface area contributed by atoms with Crippen molar-refractivity contribution in [2.75, 3.05) is 6.54 Å². The van der Waals surface area contributed by atoms with E-state index in [2.05, 4.69) is 25.9 Å². The number of amides is 4. The molecule has 0 radical (unpaired) electrons. The molecule has 1 heterocycles. The van der Waals surface area contributed by atoms with Crippen molar-refractivity contribution in [2.45, 2.75) is 37.4 Å². The lowest BCUT2D eigenvalue weighted by molar-refractivity contribution is -0.142. The Bertz CT molecular complexity index is 826. The van der Waals surface area contributed by atoms with Crippen LogP contribution >= 0.6 is 0 Å². The Morgan fingerprint density at radius 2 is 1.71 bits per heavy atom. The number of imidazole rings is 1. The molecule has 1 aromatic rings. The number of aliphatic carboxylic acids is 2.